The Bertz CT molecular complexity index is 215. The van der Waals surface area contributed by atoms with Gasteiger partial charge in [0.2, 0.25) is 0 Å². The Kier molecular flexibility index (Phi) is 5.06. The van der Waals surface area contributed by atoms with E-state index >= 15 is 0 Å². The molecule has 0 aromatic rings. The van der Waals surface area contributed by atoms with Crippen LogP contribution >= 0.6 is 22.6 Å². The summed E-state index contributed by atoms with van der Waals surface area (Å²) in [5.74, 6) is 5.81. The van der Waals surface area contributed by atoms with Crippen LogP contribution in [0.5, 0.6) is 0 Å². The molecule has 0 radical (unpaired) electrons. The van der Waals surface area contributed by atoms with E-state index in [9.17, 15) is 4.79 Å². The van der Waals surface area contributed by atoms with Crippen LogP contribution < -0.4 is 5.32 Å². The van der Waals surface area contributed by atoms with E-state index in [1.165, 1.54) is 0 Å². The molecule has 0 aromatic heterocycles. The monoisotopic (exact) mass is 281 g/mol. The fourth-order valence-electron chi connectivity index (χ4n) is 0.727. The molecule has 3 nitrogen and oxygen atoms in total. The number of amides is 1. The first kappa shape index (κ1) is 11.6. The van der Waals surface area contributed by atoms with Crippen LogP contribution in [-0.4, -0.2) is 21.2 Å². The first-order valence-electron chi connectivity index (χ1n) is 3.57. The van der Waals surface area contributed by atoms with Crippen molar-refractivity contribution in [2.24, 2.45) is 0 Å². The summed E-state index contributed by atoms with van der Waals surface area (Å²) >= 11 is 2.22. The number of nitrogens with one attached hydrogen (secondary N) is 1. The van der Waals surface area contributed by atoms with E-state index in [0.717, 1.165) is 6.42 Å². The molecule has 1 unspecified atom stereocenters. The molecule has 0 heterocycles. The predicted octanol–water partition coefficient (Wildman–Crippen LogP) is 1.86. The molecule has 68 valence electrons. The van der Waals surface area contributed by atoms with Gasteiger partial charge in [-0.15, -0.1) is 5.92 Å². The minimum absolute atomic E-state index is 0.130. The SMILES string of the molecule is CC#CC(C)(I)CCNC(=O)O. The summed E-state index contributed by atoms with van der Waals surface area (Å²) in [4.78, 5) is 10.1. The lowest BCUT2D eigenvalue weighted by atomic mass is 10.1. The van der Waals surface area contributed by atoms with Crippen LogP contribution in [0.1, 0.15) is 20.3 Å². The summed E-state index contributed by atoms with van der Waals surface area (Å²) in [6.07, 6.45) is -0.257. The molecule has 0 bridgehead atoms. The maximum atomic E-state index is 10.1. The molecule has 1 amide bonds. The molecule has 0 rings (SSSR count). The maximum absolute atomic E-state index is 10.1. The molecule has 4 heteroatoms. The van der Waals surface area contributed by atoms with Gasteiger partial charge in [0.05, 0.1) is 3.42 Å². The molecule has 0 aliphatic carbocycles. The van der Waals surface area contributed by atoms with Crippen LogP contribution in [0.4, 0.5) is 4.79 Å². The van der Waals surface area contributed by atoms with E-state index in [1.54, 1.807) is 6.92 Å². The molecular weight excluding hydrogens is 269 g/mol. The number of halogens is 1. The summed E-state index contributed by atoms with van der Waals surface area (Å²) in [6, 6.07) is 0. The van der Waals surface area contributed by atoms with Gasteiger partial charge in [0.1, 0.15) is 0 Å². The molecule has 0 spiro atoms. The number of hydrogen-bond donors (Lipinski definition) is 2. The third-order valence-electron chi connectivity index (χ3n) is 1.26. The fourth-order valence-corrected chi connectivity index (χ4v) is 1.27. The van der Waals surface area contributed by atoms with Crippen LogP contribution in [-0.2, 0) is 0 Å². The molecule has 1 atom stereocenters. The zero-order valence-electron chi connectivity index (χ0n) is 7.15. The number of carboxylic acid groups (broad SMARTS) is 1. The van der Waals surface area contributed by atoms with Crippen molar-refractivity contribution in [2.75, 3.05) is 6.54 Å². The number of carbonyl (C=O) groups is 1. The molecule has 2 N–H and O–H groups in total. The molecule has 0 aliphatic heterocycles. The highest BCUT2D eigenvalue weighted by Crippen LogP contribution is 2.20. The van der Waals surface area contributed by atoms with Gasteiger partial charge in [-0.25, -0.2) is 4.79 Å². The summed E-state index contributed by atoms with van der Waals surface area (Å²) in [7, 11) is 0. The van der Waals surface area contributed by atoms with Gasteiger partial charge < -0.3 is 10.4 Å². The Morgan fingerprint density at radius 3 is 2.75 bits per heavy atom. The number of alkyl halides is 1. The van der Waals surface area contributed by atoms with Crippen LogP contribution in [0.25, 0.3) is 0 Å². The highest BCUT2D eigenvalue weighted by atomic mass is 127. The number of hydrogen-bond acceptors (Lipinski definition) is 1. The quantitative estimate of drug-likeness (QED) is 0.471. The van der Waals surface area contributed by atoms with Gasteiger partial charge in [-0.1, -0.05) is 28.5 Å². The molecule has 0 aromatic carbocycles. The Balaban J connectivity index is 3.73. The molecule has 0 aliphatic rings. The van der Waals surface area contributed by atoms with E-state index < -0.39 is 6.09 Å². The van der Waals surface area contributed by atoms with Crippen molar-refractivity contribution >= 4 is 28.7 Å². The molecular formula is C8H12INO2. The zero-order chi connectivity index (χ0) is 9.61. The van der Waals surface area contributed by atoms with E-state index in [2.05, 4.69) is 39.7 Å². The van der Waals surface area contributed by atoms with E-state index in [4.69, 9.17) is 5.11 Å². The highest BCUT2D eigenvalue weighted by molar-refractivity contribution is 14.1. The van der Waals surface area contributed by atoms with Crippen LogP contribution in [0, 0.1) is 11.8 Å². The molecule has 0 saturated heterocycles. The Morgan fingerprint density at radius 1 is 1.75 bits per heavy atom. The van der Waals surface area contributed by atoms with Gasteiger partial charge in [0, 0.05) is 6.54 Å². The van der Waals surface area contributed by atoms with Crippen molar-refractivity contribution in [3.05, 3.63) is 0 Å². The minimum Gasteiger partial charge on any atom is -0.465 e. The lowest BCUT2D eigenvalue weighted by Gasteiger charge is -2.14. The Morgan fingerprint density at radius 2 is 2.33 bits per heavy atom. The molecule has 0 fully saturated rings. The van der Waals surface area contributed by atoms with Crippen molar-refractivity contribution in [1.29, 1.82) is 0 Å². The largest absolute Gasteiger partial charge is 0.465 e. The van der Waals surface area contributed by atoms with E-state index in [1.807, 2.05) is 6.92 Å². The van der Waals surface area contributed by atoms with Gasteiger partial charge in [-0.2, -0.15) is 0 Å². The van der Waals surface area contributed by atoms with Crippen molar-refractivity contribution in [3.8, 4) is 11.8 Å². The maximum Gasteiger partial charge on any atom is 0.404 e. The van der Waals surface area contributed by atoms with Gasteiger partial charge in [-0.05, 0) is 20.3 Å². The normalized spacial score (nSPS) is 13.9. The summed E-state index contributed by atoms with van der Waals surface area (Å²) in [5.41, 5.74) is 0. The van der Waals surface area contributed by atoms with Crippen LogP contribution in [0.3, 0.4) is 0 Å². The van der Waals surface area contributed by atoms with Crippen LogP contribution in [0.15, 0.2) is 0 Å². The van der Waals surface area contributed by atoms with Crippen molar-refractivity contribution in [2.45, 2.75) is 23.7 Å². The summed E-state index contributed by atoms with van der Waals surface area (Å²) < 4.78 is -0.130. The third-order valence-corrected chi connectivity index (χ3v) is 2.07. The van der Waals surface area contributed by atoms with Crippen molar-refractivity contribution in [3.63, 3.8) is 0 Å². The van der Waals surface area contributed by atoms with Gasteiger partial charge in [0.15, 0.2) is 0 Å². The minimum atomic E-state index is -0.980. The second-order valence-electron chi connectivity index (χ2n) is 2.55. The highest BCUT2D eigenvalue weighted by Gasteiger charge is 2.15. The van der Waals surface area contributed by atoms with E-state index in [0.29, 0.717) is 6.54 Å². The van der Waals surface area contributed by atoms with Gasteiger partial charge in [0.25, 0.3) is 0 Å². The first-order chi connectivity index (χ1) is 5.48. The Labute approximate surface area is 86.1 Å². The van der Waals surface area contributed by atoms with Gasteiger partial charge >= 0.3 is 6.09 Å². The third kappa shape index (κ3) is 6.28. The molecule has 0 saturated carbocycles. The van der Waals surface area contributed by atoms with Crippen molar-refractivity contribution in [1.82, 2.24) is 5.32 Å². The van der Waals surface area contributed by atoms with Crippen molar-refractivity contribution < 1.29 is 9.90 Å². The predicted molar refractivity (Wildman–Crippen MR) is 56.5 cm³/mol. The Hall–Kier alpha value is -0.440. The average molecular weight is 281 g/mol. The standard InChI is InChI=1S/C8H12INO2/c1-3-4-8(2,9)5-6-10-7(11)12/h10H,5-6H2,1-2H3,(H,11,12). The fraction of sp³-hybridized carbons (Fsp3) is 0.625. The van der Waals surface area contributed by atoms with Gasteiger partial charge in [-0.3, -0.25) is 0 Å². The molecule has 12 heavy (non-hydrogen) atoms. The lowest BCUT2D eigenvalue weighted by molar-refractivity contribution is 0.194. The lowest BCUT2D eigenvalue weighted by Crippen LogP contribution is -2.27. The second-order valence-corrected chi connectivity index (χ2v) is 4.94. The van der Waals surface area contributed by atoms with Crippen LogP contribution in [0.2, 0.25) is 0 Å². The summed E-state index contributed by atoms with van der Waals surface area (Å²) in [6.45, 7) is 4.21. The topological polar surface area (TPSA) is 49.3 Å². The first-order valence-corrected chi connectivity index (χ1v) is 4.65. The second kappa shape index (κ2) is 5.25. The zero-order valence-corrected chi connectivity index (χ0v) is 9.31. The smallest absolute Gasteiger partial charge is 0.404 e. The number of rotatable bonds is 3. The average Bonchev–Trinajstić information content (AvgIpc) is 1.85. The summed E-state index contributed by atoms with van der Waals surface area (Å²) in [5, 5.41) is 10.6. The van der Waals surface area contributed by atoms with E-state index in [-0.39, 0.29) is 3.42 Å².